The Balaban J connectivity index is 3.85. The van der Waals surface area contributed by atoms with Crippen LogP contribution in [0.4, 0.5) is 0 Å². The number of hydrogen-bond donors (Lipinski definition) is 2. The van der Waals surface area contributed by atoms with Gasteiger partial charge in [0.1, 0.15) is 6.61 Å². The number of hydrogen-bond acceptors (Lipinski definition) is 6. The van der Waals surface area contributed by atoms with E-state index in [0.717, 1.165) is 57.8 Å². The molecule has 1 atom stereocenters. The second kappa shape index (κ2) is 43.1. The van der Waals surface area contributed by atoms with E-state index in [2.05, 4.69) is 42.7 Å². The topological polar surface area (TPSA) is 119 Å². The molecule has 0 aromatic rings. The second-order valence-corrected chi connectivity index (χ2v) is 17.3. The second-order valence-electron chi connectivity index (χ2n) is 16.1. The van der Waals surface area contributed by atoms with Crippen molar-refractivity contribution in [3.8, 4) is 0 Å². The van der Waals surface area contributed by atoms with Crippen LogP contribution in [0.2, 0.25) is 0 Å². The maximum Gasteiger partial charge on any atom is 0.469 e. The van der Waals surface area contributed by atoms with Gasteiger partial charge in [-0.2, -0.15) is 0 Å². The first-order valence-corrected chi connectivity index (χ1v) is 25.2. The summed E-state index contributed by atoms with van der Waals surface area (Å²) in [6.07, 6.45) is 50.4. The van der Waals surface area contributed by atoms with Crippen LogP contribution < -0.4 is 0 Å². The SMILES string of the molecule is CCCCCCCCCC/C=C\CCCCCCCCCC(=O)OC[C@H](COP(=O)(O)O)OC(=O)CCCCCCCCC/C=C\CCCCCCCCCC. The van der Waals surface area contributed by atoms with Gasteiger partial charge in [0.15, 0.2) is 6.10 Å². The van der Waals surface area contributed by atoms with E-state index in [1.807, 2.05) is 0 Å². The molecule has 9 heteroatoms. The maximum atomic E-state index is 12.4. The van der Waals surface area contributed by atoms with E-state index in [-0.39, 0.29) is 19.4 Å². The molecule has 0 aromatic carbocycles. The molecule has 0 spiro atoms. The molecule has 56 heavy (non-hydrogen) atoms. The number of allylic oxidation sites excluding steroid dienone is 4. The van der Waals surface area contributed by atoms with Crippen LogP contribution in [0, 0.1) is 0 Å². The molecule has 2 N–H and O–H groups in total. The number of rotatable bonds is 44. The Morgan fingerprint density at radius 3 is 1.09 bits per heavy atom. The first kappa shape index (κ1) is 54.5. The summed E-state index contributed by atoms with van der Waals surface area (Å²) in [5, 5.41) is 0. The minimum absolute atomic E-state index is 0.208. The highest BCUT2D eigenvalue weighted by molar-refractivity contribution is 7.46. The van der Waals surface area contributed by atoms with Gasteiger partial charge < -0.3 is 19.3 Å². The Kier molecular flexibility index (Phi) is 42.0. The first-order valence-electron chi connectivity index (χ1n) is 23.6. The molecule has 0 bridgehead atoms. The molecule has 330 valence electrons. The third-order valence-corrected chi connectivity index (χ3v) is 10.9. The van der Waals surface area contributed by atoms with Crippen LogP contribution in [0.25, 0.3) is 0 Å². The lowest BCUT2D eigenvalue weighted by Gasteiger charge is -2.18. The fourth-order valence-electron chi connectivity index (χ4n) is 6.89. The third-order valence-electron chi connectivity index (χ3n) is 10.4. The van der Waals surface area contributed by atoms with Gasteiger partial charge in [-0.05, 0) is 64.2 Å². The number of esters is 2. The Hall–Kier alpha value is -1.47. The smallest absolute Gasteiger partial charge is 0.462 e. The molecule has 0 unspecified atom stereocenters. The van der Waals surface area contributed by atoms with Crippen LogP contribution in [0.5, 0.6) is 0 Å². The predicted octanol–water partition coefficient (Wildman–Crippen LogP) is 14.7. The quantitative estimate of drug-likeness (QED) is 0.0270. The van der Waals surface area contributed by atoms with Crippen LogP contribution in [0.1, 0.15) is 245 Å². The van der Waals surface area contributed by atoms with Crippen LogP contribution in [-0.2, 0) is 28.2 Å². The van der Waals surface area contributed by atoms with Gasteiger partial charge in [0, 0.05) is 12.8 Å². The summed E-state index contributed by atoms with van der Waals surface area (Å²) in [5.74, 6) is -0.884. The van der Waals surface area contributed by atoms with Crippen molar-refractivity contribution in [1.82, 2.24) is 0 Å². The lowest BCUT2D eigenvalue weighted by molar-refractivity contribution is -0.161. The van der Waals surface area contributed by atoms with Gasteiger partial charge in [0.25, 0.3) is 0 Å². The van der Waals surface area contributed by atoms with Gasteiger partial charge >= 0.3 is 19.8 Å². The average Bonchev–Trinajstić information content (AvgIpc) is 3.17. The van der Waals surface area contributed by atoms with Crippen LogP contribution in [-0.4, -0.2) is 41.0 Å². The van der Waals surface area contributed by atoms with Crippen LogP contribution in [0.3, 0.4) is 0 Å². The predicted molar refractivity (Wildman–Crippen MR) is 235 cm³/mol. The summed E-state index contributed by atoms with van der Waals surface area (Å²) in [6.45, 7) is 3.71. The summed E-state index contributed by atoms with van der Waals surface area (Å²) < 4.78 is 26.5. The molecule has 0 aliphatic carbocycles. The van der Waals surface area contributed by atoms with E-state index in [0.29, 0.717) is 6.42 Å². The maximum absolute atomic E-state index is 12.4. The zero-order chi connectivity index (χ0) is 41.1. The number of phosphoric ester groups is 1. The Bertz CT molecular complexity index is 962. The summed E-state index contributed by atoms with van der Waals surface area (Å²) in [7, 11) is -4.76. The van der Waals surface area contributed by atoms with Crippen LogP contribution >= 0.6 is 7.82 Å². The zero-order valence-corrected chi connectivity index (χ0v) is 37.4. The molecule has 0 amide bonds. The fraction of sp³-hybridized carbons (Fsp3) is 0.872. The zero-order valence-electron chi connectivity index (χ0n) is 36.5. The van der Waals surface area contributed by atoms with E-state index < -0.39 is 32.5 Å². The van der Waals surface area contributed by atoms with E-state index in [1.54, 1.807) is 0 Å². The molecule has 0 saturated carbocycles. The molecule has 0 aliphatic heterocycles. The van der Waals surface area contributed by atoms with Crippen molar-refractivity contribution in [2.24, 2.45) is 0 Å². The van der Waals surface area contributed by atoms with Gasteiger partial charge in [-0.1, -0.05) is 192 Å². The Labute approximate surface area is 345 Å². The number of unbranched alkanes of at least 4 members (excludes halogenated alkanes) is 30. The lowest BCUT2D eigenvalue weighted by atomic mass is 10.1. The van der Waals surface area contributed by atoms with Gasteiger partial charge in [-0.25, -0.2) is 4.57 Å². The van der Waals surface area contributed by atoms with E-state index in [4.69, 9.17) is 19.3 Å². The summed E-state index contributed by atoms with van der Waals surface area (Å²) in [6, 6.07) is 0. The number of carbonyl (C=O) groups excluding carboxylic acids is 2. The lowest BCUT2D eigenvalue weighted by Crippen LogP contribution is -2.29. The molecule has 0 saturated heterocycles. The molecule has 8 nitrogen and oxygen atoms in total. The van der Waals surface area contributed by atoms with Gasteiger partial charge in [-0.15, -0.1) is 0 Å². The standard InChI is InChI=1S/C47H89O8P/c1-3-5-7-9-11-13-15-17-19-21-23-25-27-29-31-33-35-37-39-41-46(48)53-43-45(44-54-56(50,51)52)55-47(49)42-40-38-36-34-32-30-28-26-24-22-20-18-16-14-12-10-8-6-4-2/h21-24,45H,3-20,25-44H2,1-2H3,(H2,50,51,52)/b23-21-,24-22-/t45-/m1/s1. The molecular formula is C47H89O8P. The third kappa shape index (κ3) is 45.2. The summed E-state index contributed by atoms with van der Waals surface area (Å²) in [4.78, 5) is 43.0. The number of carbonyl (C=O) groups is 2. The van der Waals surface area contributed by atoms with Gasteiger partial charge in [0.05, 0.1) is 6.61 Å². The van der Waals surface area contributed by atoms with E-state index in [1.165, 1.54) is 154 Å². The normalized spacial score (nSPS) is 12.6. The number of phosphoric acid groups is 1. The van der Waals surface area contributed by atoms with Gasteiger partial charge in [0.2, 0.25) is 0 Å². The molecular weight excluding hydrogens is 723 g/mol. The van der Waals surface area contributed by atoms with Crippen molar-refractivity contribution >= 4 is 19.8 Å². The van der Waals surface area contributed by atoms with Gasteiger partial charge in [-0.3, -0.25) is 14.1 Å². The van der Waals surface area contributed by atoms with E-state index >= 15 is 0 Å². The largest absolute Gasteiger partial charge is 0.469 e. The van der Waals surface area contributed by atoms with Crippen molar-refractivity contribution < 1.29 is 37.9 Å². The average molecular weight is 813 g/mol. The highest BCUT2D eigenvalue weighted by atomic mass is 31.2. The highest BCUT2D eigenvalue weighted by Crippen LogP contribution is 2.36. The first-order chi connectivity index (χ1) is 27.3. The van der Waals surface area contributed by atoms with Crippen molar-refractivity contribution in [2.75, 3.05) is 13.2 Å². The monoisotopic (exact) mass is 813 g/mol. The fourth-order valence-corrected chi connectivity index (χ4v) is 7.25. The molecule has 0 heterocycles. The molecule has 0 fully saturated rings. The minimum atomic E-state index is -4.76. The minimum Gasteiger partial charge on any atom is -0.462 e. The van der Waals surface area contributed by atoms with Crippen molar-refractivity contribution in [1.29, 1.82) is 0 Å². The van der Waals surface area contributed by atoms with Crippen molar-refractivity contribution in [3.63, 3.8) is 0 Å². The highest BCUT2D eigenvalue weighted by Gasteiger charge is 2.23. The molecule has 0 rings (SSSR count). The number of ether oxygens (including phenoxy) is 2. The van der Waals surface area contributed by atoms with Crippen molar-refractivity contribution in [3.05, 3.63) is 24.3 Å². The summed E-state index contributed by atoms with van der Waals surface area (Å²) in [5.41, 5.74) is 0. The molecule has 0 aliphatic rings. The molecule has 0 aromatic heterocycles. The van der Waals surface area contributed by atoms with Crippen molar-refractivity contribution in [2.45, 2.75) is 251 Å². The van der Waals surface area contributed by atoms with Crippen LogP contribution in [0.15, 0.2) is 24.3 Å². The Morgan fingerprint density at radius 1 is 0.446 bits per heavy atom. The molecule has 0 radical (unpaired) electrons. The Morgan fingerprint density at radius 2 is 0.750 bits per heavy atom. The van der Waals surface area contributed by atoms with E-state index in [9.17, 15) is 14.2 Å². The summed E-state index contributed by atoms with van der Waals surface area (Å²) >= 11 is 0.